The van der Waals surface area contributed by atoms with Crippen molar-refractivity contribution in [1.82, 2.24) is 25.3 Å². The summed E-state index contributed by atoms with van der Waals surface area (Å²) in [5, 5.41) is 5.92. The minimum Gasteiger partial charge on any atom is -0.463 e. The Kier molecular flexibility index (Phi) is 8.77. The van der Waals surface area contributed by atoms with Crippen molar-refractivity contribution in [3.05, 3.63) is 46.2 Å². The molecule has 1 aromatic rings. The molecule has 0 aliphatic carbocycles. The summed E-state index contributed by atoms with van der Waals surface area (Å²) in [6, 6.07) is 5.17. The first kappa shape index (κ1) is 26.5. The third-order valence-corrected chi connectivity index (χ3v) is 6.67. The quantitative estimate of drug-likeness (QED) is 0.579. The van der Waals surface area contributed by atoms with E-state index in [1.54, 1.807) is 11.8 Å². The summed E-state index contributed by atoms with van der Waals surface area (Å²) in [6.07, 6.45) is 0. The standard InChI is InChI=1S/C26H39N5O4/c1-7-27-25(33)31-13-12-29(15-19(31)6)16-21-22(24(32)35-9-3)23(28-26(34)30(21)8-2)20-14-17(4)10-11-18(20)5/h10-11,14,19,23H,7-9,12-13,15-16H2,1-6H3,(H,27,33)(H,28,34)/t19-,23+/m0/s1. The van der Waals surface area contributed by atoms with Crippen molar-refractivity contribution in [1.29, 1.82) is 0 Å². The number of amides is 4. The molecule has 1 saturated heterocycles. The van der Waals surface area contributed by atoms with Gasteiger partial charge >= 0.3 is 18.0 Å². The minimum atomic E-state index is -0.590. The molecule has 192 valence electrons. The molecule has 0 saturated carbocycles. The summed E-state index contributed by atoms with van der Waals surface area (Å²) < 4.78 is 5.49. The van der Waals surface area contributed by atoms with Crippen molar-refractivity contribution in [3.8, 4) is 0 Å². The fraction of sp³-hybridized carbons (Fsp3) is 0.577. The lowest BCUT2D eigenvalue weighted by Crippen LogP contribution is -2.58. The van der Waals surface area contributed by atoms with E-state index in [4.69, 9.17) is 4.74 Å². The van der Waals surface area contributed by atoms with Gasteiger partial charge in [0.25, 0.3) is 0 Å². The second-order valence-corrected chi connectivity index (χ2v) is 9.18. The van der Waals surface area contributed by atoms with Gasteiger partial charge in [-0.2, -0.15) is 0 Å². The molecule has 1 fully saturated rings. The number of hydrogen-bond donors (Lipinski definition) is 2. The fourth-order valence-electron chi connectivity index (χ4n) is 4.90. The fourth-order valence-corrected chi connectivity index (χ4v) is 4.90. The number of nitrogens with zero attached hydrogens (tertiary/aromatic N) is 3. The Morgan fingerprint density at radius 3 is 2.54 bits per heavy atom. The first-order valence-electron chi connectivity index (χ1n) is 12.5. The van der Waals surface area contributed by atoms with Crippen LogP contribution in [0.25, 0.3) is 0 Å². The molecule has 3 rings (SSSR count). The lowest BCUT2D eigenvalue weighted by atomic mass is 9.90. The van der Waals surface area contributed by atoms with Crippen LogP contribution in [0.1, 0.15) is 50.4 Å². The van der Waals surface area contributed by atoms with Gasteiger partial charge in [0.1, 0.15) is 0 Å². The van der Waals surface area contributed by atoms with Crippen molar-refractivity contribution < 1.29 is 19.1 Å². The molecule has 2 aliphatic rings. The summed E-state index contributed by atoms with van der Waals surface area (Å²) in [6.45, 7) is 15.1. The maximum absolute atomic E-state index is 13.3. The van der Waals surface area contributed by atoms with Gasteiger partial charge in [-0.15, -0.1) is 0 Å². The highest BCUT2D eigenvalue weighted by Gasteiger charge is 2.39. The molecular formula is C26H39N5O4. The average Bonchev–Trinajstić information content (AvgIpc) is 2.80. The van der Waals surface area contributed by atoms with E-state index in [1.165, 1.54) is 0 Å². The van der Waals surface area contributed by atoms with Crippen LogP contribution in [0.15, 0.2) is 29.5 Å². The number of rotatable bonds is 7. The molecule has 0 unspecified atom stereocenters. The number of esters is 1. The van der Waals surface area contributed by atoms with Crippen LogP contribution in [0.3, 0.4) is 0 Å². The number of urea groups is 2. The monoisotopic (exact) mass is 485 g/mol. The van der Waals surface area contributed by atoms with Gasteiger partial charge in [0.2, 0.25) is 0 Å². The molecule has 2 atom stereocenters. The number of carbonyl (C=O) groups is 3. The van der Waals surface area contributed by atoms with Crippen molar-refractivity contribution >= 4 is 18.0 Å². The van der Waals surface area contributed by atoms with E-state index in [9.17, 15) is 14.4 Å². The van der Waals surface area contributed by atoms with Gasteiger partial charge in [0.15, 0.2) is 0 Å². The number of aryl methyl sites for hydroxylation is 2. The van der Waals surface area contributed by atoms with Gasteiger partial charge in [-0.25, -0.2) is 14.4 Å². The maximum atomic E-state index is 13.3. The number of carbonyl (C=O) groups excluding carboxylic acids is 3. The number of piperazine rings is 1. The lowest BCUT2D eigenvalue weighted by molar-refractivity contribution is -0.139. The van der Waals surface area contributed by atoms with Crippen LogP contribution in [-0.2, 0) is 9.53 Å². The zero-order valence-corrected chi connectivity index (χ0v) is 21.8. The SMILES string of the molecule is CCNC(=O)N1CCN(CC2=C(C(=O)OCC)[C@@H](c3cc(C)ccc3C)NC(=O)N2CC)C[C@@H]1C. The van der Waals surface area contributed by atoms with E-state index in [2.05, 4.69) is 15.5 Å². The zero-order chi connectivity index (χ0) is 25.7. The summed E-state index contributed by atoms with van der Waals surface area (Å²) >= 11 is 0. The third kappa shape index (κ3) is 5.78. The molecule has 9 nitrogen and oxygen atoms in total. The predicted molar refractivity (Wildman–Crippen MR) is 135 cm³/mol. The molecule has 2 N–H and O–H groups in total. The average molecular weight is 486 g/mol. The summed E-state index contributed by atoms with van der Waals surface area (Å²) in [7, 11) is 0. The van der Waals surface area contributed by atoms with Crippen LogP contribution in [0.4, 0.5) is 9.59 Å². The van der Waals surface area contributed by atoms with Crippen LogP contribution in [0.2, 0.25) is 0 Å². The molecule has 4 amide bonds. The molecule has 0 aromatic heterocycles. The second-order valence-electron chi connectivity index (χ2n) is 9.18. The van der Waals surface area contributed by atoms with E-state index < -0.39 is 12.0 Å². The van der Waals surface area contributed by atoms with Gasteiger partial charge in [0.05, 0.1) is 18.2 Å². The van der Waals surface area contributed by atoms with E-state index in [-0.39, 0.29) is 24.7 Å². The van der Waals surface area contributed by atoms with E-state index in [0.717, 1.165) is 16.7 Å². The van der Waals surface area contributed by atoms with Gasteiger partial charge in [-0.3, -0.25) is 9.80 Å². The van der Waals surface area contributed by atoms with Gasteiger partial charge in [-0.05, 0) is 52.7 Å². The Balaban J connectivity index is 2.00. The number of benzene rings is 1. The maximum Gasteiger partial charge on any atom is 0.338 e. The smallest absolute Gasteiger partial charge is 0.338 e. The highest BCUT2D eigenvalue weighted by atomic mass is 16.5. The van der Waals surface area contributed by atoms with Crippen LogP contribution in [0.5, 0.6) is 0 Å². The largest absolute Gasteiger partial charge is 0.463 e. The van der Waals surface area contributed by atoms with E-state index >= 15 is 0 Å². The molecule has 35 heavy (non-hydrogen) atoms. The minimum absolute atomic E-state index is 0.00394. The number of hydrogen-bond acceptors (Lipinski definition) is 5. The molecule has 0 radical (unpaired) electrons. The molecule has 2 heterocycles. The number of likely N-dealkylation sites (N-methyl/N-ethyl adjacent to an activating group) is 1. The first-order valence-corrected chi connectivity index (χ1v) is 12.5. The normalized spacial score (nSPS) is 21.1. The summed E-state index contributed by atoms with van der Waals surface area (Å²) in [5.41, 5.74) is 4.08. The zero-order valence-electron chi connectivity index (χ0n) is 21.8. The molecular weight excluding hydrogens is 446 g/mol. The van der Waals surface area contributed by atoms with Crippen molar-refractivity contribution in [2.75, 3.05) is 45.9 Å². The Bertz CT molecular complexity index is 992. The van der Waals surface area contributed by atoms with Crippen LogP contribution in [-0.4, -0.2) is 84.6 Å². The third-order valence-electron chi connectivity index (χ3n) is 6.67. The van der Waals surface area contributed by atoms with Gasteiger partial charge in [-0.1, -0.05) is 23.8 Å². The number of nitrogens with one attached hydrogen (secondary N) is 2. The predicted octanol–water partition coefficient (Wildman–Crippen LogP) is 2.94. The van der Waals surface area contributed by atoms with Crippen LogP contribution in [0, 0.1) is 13.8 Å². The topological polar surface area (TPSA) is 94.2 Å². The van der Waals surface area contributed by atoms with E-state index in [0.29, 0.717) is 50.5 Å². The van der Waals surface area contributed by atoms with Crippen molar-refractivity contribution in [2.45, 2.75) is 53.6 Å². The van der Waals surface area contributed by atoms with Crippen molar-refractivity contribution in [2.24, 2.45) is 0 Å². The highest BCUT2D eigenvalue weighted by Crippen LogP contribution is 2.34. The van der Waals surface area contributed by atoms with Crippen LogP contribution < -0.4 is 10.6 Å². The second kappa shape index (κ2) is 11.6. The Labute approximate surface area is 208 Å². The highest BCUT2D eigenvalue weighted by molar-refractivity contribution is 5.95. The molecule has 9 heteroatoms. The molecule has 0 spiro atoms. The van der Waals surface area contributed by atoms with Gasteiger partial charge < -0.3 is 20.3 Å². The summed E-state index contributed by atoms with van der Waals surface area (Å²) in [5.74, 6) is -0.416. The van der Waals surface area contributed by atoms with Gasteiger partial charge in [0, 0.05) is 51.0 Å². The molecule has 2 aliphatic heterocycles. The summed E-state index contributed by atoms with van der Waals surface area (Å²) in [4.78, 5) is 44.6. The lowest BCUT2D eigenvalue weighted by Gasteiger charge is -2.43. The Morgan fingerprint density at radius 2 is 1.91 bits per heavy atom. The first-order chi connectivity index (χ1) is 16.7. The van der Waals surface area contributed by atoms with Crippen molar-refractivity contribution in [3.63, 3.8) is 0 Å². The Hall–Kier alpha value is -3.07. The number of ether oxygens (including phenoxy) is 1. The molecule has 0 bridgehead atoms. The Morgan fingerprint density at radius 1 is 1.17 bits per heavy atom. The molecule has 1 aromatic carbocycles. The van der Waals surface area contributed by atoms with Crippen LogP contribution >= 0.6 is 0 Å². The van der Waals surface area contributed by atoms with E-state index in [1.807, 2.05) is 57.7 Å².